The van der Waals surface area contributed by atoms with Crippen LogP contribution in [0.4, 0.5) is 0 Å². The SMILES string of the molecule is CCNC(Cc1ccncc1Cl)c1ccc(OC)c(C)c1. The number of halogens is 1. The largest absolute Gasteiger partial charge is 0.496 e. The van der Waals surface area contributed by atoms with Gasteiger partial charge >= 0.3 is 0 Å². The van der Waals surface area contributed by atoms with Crippen LogP contribution in [-0.4, -0.2) is 18.6 Å². The number of hydrogen-bond acceptors (Lipinski definition) is 3. The third-order valence-electron chi connectivity index (χ3n) is 3.55. The Labute approximate surface area is 131 Å². The molecule has 0 amide bonds. The summed E-state index contributed by atoms with van der Waals surface area (Å²) in [5.74, 6) is 0.913. The van der Waals surface area contributed by atoms with Gasteiger partial charge in [0, 0.05) is 18.4 Å². The molecule has 1 atom stereocenters. The van der Waals surface area contributed by atoms with Crippen LogP contribution in [0.3, 0.4) is 0 Å². The van der Waals surface area contributed by atoms with Gasteiger partial charge in [-0.05, 0) is 48.7 Å². The summed E-state index contributed by atoms with van der Waals surface area (Å²) >= 11 is 6.22. The number of aromatic nitrogens is 1. The zero-order valence-corrected chi connectivity index (χ0v) is 13.4. The number of hydrogen-bond donors (Lipinski definition) is 1. The third kappa shape index (κ3) is 3.96. The smallest absolute Gasteiger partial charge is 0.121 e. The van der Waals surface area contributed by atoms with Crippen molar-refractivity contribution in [1.82, 2.24) is 10.3 Å². The summed E-state index contributed by atoms with van der Waals surface area (Å²) in [5, 5.41) is 4.23. The maximum Gasteiger partial charge on any atom is 0.121 e. The van der Waals surface area contributed by atoms with Gasteiger partial charge in [-0.2, -0.15) is 0 Å². The molecule has 1 aromatic carbocycles. The number of benzene rings is 1. The molecule has 1 unspecified atom stereocenters. The highest BCUT2D eigenvalue weighted by Crippen LogP contribution is 2.26. The van der Waals surface area contributed by atoms with Crippen molar-refractivity contribution in [2.24, 2.45) is 0 Å². The summed E-state index contributed by atoms with van der Waals surface area (Å²) in [6.07, 6.45) is 4.31. The zero-order chi connectivity index (χ0) is 15.2. The maximum atomic E-state index is 6.22. The molecular formula is C17H21ClN2O. The third-order valence-corrected chi connectivity index (χ3v) is 3.89. The van der Waals surface area contributed by atoms with Gasteiger partial charge in [-0.25, -0.2) is 0 Å². The van der Waals surface area contributed by atoms with E-state index in [0.29, 0.717) is 5.02 Å². The summed E-state index contributed by atoms with van der Waals surface area (Å²) in [6.45, 7) is 5.07. The number of methoxy groups -OCH3 is 1. The molecular weight excluding hydrogens is 284 g/mol. The summed E-state index contributed by atoms with van der Waals surface area (Å²) in [7, 11) is 1.69. The molecule has 0 aliphatic carbocycles. The van der Waals surface area contributed by atoms with Gasteiger partial charge in [-0.1, -0.05) is 30.7 Å². The van der Waals surface area contributed by atoms with Crippen LogP contribution < -0.4 is 10.1 Å². The van der Waals surface area contributed by atoms with E-state index in [1.807, 2.05) is 12.1 Å². The Balaban J connectivity index is 2.26. The summed E-state index contributed by atoms with van der Waals surface area (Å²) in [6, 6.07) is 8.49. The van der Waals surface area contributed by atoms with E-state index < -0.39 is 0 Å². The summed E-state index contributed by atoms with van der Waals surface area (Å²) < 4.78 is 5.33. The number of ether oxygens (including phenoxy) is 1. The first-order chi connectivity index (χ1) is 10.2. The average molecular weight is 305 g/mol. The minimum Gasteiger partial charge on any atom is -0.496 e. The minimum atomic E-state index is 0.222. The highest BCUT2D eigenvalue weighted by Gasteiger charge is 2.14. The number of nitrogens with one attached hydrogen (secondary N) is 1. The first-order valence-corrected chi connectivity index (χ1v) is 7.49. The van der Waals surface area contributed by atoms with E-state index in [-0.39, 0.29) is 6.04 Å². The molecule has 0 saturated carbocycles. The summed E-state index contributed by atoms with van der Waals surface area (Å²) in [5.41, 5.74) is 3.48. The molecule has 0 spiro atoms. The van der Waals surface area contributed by atoms with E-state index in [4.69, 9.17) is 16.3 Å². The van der Waals surface area contributed by atoms with E-state index in [1.165, 1.54) is 5.56 Å². The van der Waals surface area contributed by atoms with Crippen molar-refractivity contribution >= 4 is 11.6 Å². The molecule has 0 saturated heterocycles. The molecule has 0 bridgehead atoms. The van der Waals surface area contributed by atoms with Crippen LogP contribution in [0.2, 0.25) is 5.02 Å². The van der Waals surface area contributed by atoms with E-state index in [9.17, 15) is 0 Å². The average Bonchev–Trinajstić information content (AvgIpc) is 2.49. The molecule has 1 aromatic heterocycles. The molecule has 112 valence electrons. The molecule has 2 rings (SSSR count). The van der Waals surface area contributed by atoms with Gasteiger partial charge in [0.1, 0.15) is 5.75 Å². The molecule has 0 aliphatic heterocycles. The quantitative estimate of drug-likeness (QED) is 0.877. The van der Waals surface area contributed by atoms with Crippen molar-refractivity contribution in [1.29, 1.82) is 0 Å². The first kappa shape index (κ1) is 15.8. The molecule has 1 heterocycles. The van der Waals surface area contributed by atoms with E-state index in [0.717, 1.165) is 29.8 Å². The van der Waals surface area contributed by atoms with Crippen molar-refractivity contribution in [2.45, 2.75) is 26.3 Å². The van der Waals surface area contributed by atoms with Crippen LogP contribution in [0.5, 0.6) is 5.75 Å². The molecule has 1 N–H and O–H groups in total. The Hall–Kier alpha value is -1.58. The second kappa shape index (κ2) is 7.43. The summed E-state index contributed by atoms with van der Waals surface area (Å²) in [4.78, 5) is 4.04. The van der Waals surface area contributed by atoms with E-state index in [2.05, 4.69) is 36.3 Å². The van der Waals surface area contributed by atoms with Gasteiger partial charge in [-0.3, -0.25) is 4.98 Å². The lowest BCUT2D eigenvalue weighted by molar-refractivity contribution is 0.411. The van der Waals surface area contributed by atoms with E-state index in [1.54, 1.807) is 19.5 Å². The molecule has 4 heteroatoms. The van der Waals surface area contributed by atoms with Crippen LogP contribution in [0.15, 0.2) is 36.7 Å². The van der Waals surface area contributed by atoms with Crippen LogP contribution in [-0.2, 0) is 6.42 Å². The number of likely N-dealkylation sites (N-methyl/N-ethyl adjacent to an activating group) is 1. The lowest BCUT2D eigenvalue weighted by Crippen LogP contribution is -2.23. The zero-order valence-electron chi connectivity index (χ0n) is 12.7. The molecule has 0 aliphatic rings. The van der Waals surface area contributed by atoms with Crippen molar-refractivity contribution in [3.63, 3.8) is 0 Å². The number of aryl methyl sites for hydroxylation is 1. The van der Waals surface area contributed by atoms with Crippen LogP contribution in [0.1, 0.15) is 29.7 Å². The normalized spacial score (nSPS) is 12.2. The Bertz CT molecular complexity index is 601. The maximum absolute atomic E-state index is 6.22. The second-order valence-corrected chi connectivity index (χ2v) is 5.42. The predicted octanol–water partition coefficient (Wildman–Crippen LogP) is 3.95. The predicted molar refractivity (Wildman–Crippen MR) is 87.1 cm³/mol. The van der Waals surface area contributed by atoms with E-state index >= 15 is 0 Å². The van der Waals surface area contributed by atoms with Crippen LogP contribution >= 0.6 is 11.6 Å². The number of nitrogens with zero attached hydrogens (tertiary/aromatic N) is 1. The van der Waals surface area contributed by atoms with Gasteiger partial charge < -0.3 is 10.1 Å². The fourth-order valence-electron chi connectivity index (χ4n) is 2.46. The topological polar surface area (TPSA) is 34.2 Å². The fraction of sp³-hybridized carbons (Fsp3) is 0.353. The van der Waals surface area contributed by atoms with Crippen LogP contribution in [0.25, 0.3) is 0 Å². The van der Waals surface area contributed by atoms with Gasteiger partial charge in [0.2, 0.25) is 0 Å². The highest BCUT2D eigenvalue weighted by atomic mass is 35.5. The Morgan fingerprint density at radius 2 is 2.14 bits per heavy atom. The van der Waals surface area contributed by atoms with Crippen LogP contribution in [0, 0.1) is 6.92 Å². The van der Waals surface area contributed by atoms with Gasteiger partial charge in [0.25, 0.3) is 0 Å². The van der Waals surface area contributed by atoms with Crippen molar-refractivity contribution in [2.75, 3.05) is 13.7 Å². The van der Waals surface area contributed by atoms with Crippen molar-refractivity contribution in [3.05, 3.63) is 58.4 Å². The number of rotatable bonds is 6. The fourth-order valence-corrected chi connectivity index (χ4v) is 2.66. The lowest BCUT2D eigenvalue weighted by atomic mass is 9.97. The van der Waals surface area contributed by atoms with Gasteiger partial charge in [-0.15, -0.1) is 0 Å². The van der Waals surface area contributed by atoms with Gasteiger partial charge in [0.05, 0.1) is 12.1 Å². The van der Waals surface area contributed by atoms with Gasteiger partial charge in [0.15, 0.2) is 0 Å². The molecule has 0 fully saturated rings. The van der Waals surface area contributed by atoms with Crippen molar-refractivity contribution < 1.29 is 4.74 Å². The Kier molecular flexibility index (Phi) is 5.59. The highest BCUT2D eigenvalue weighted by molar-refractivity contribution is 6.31. The number of pyridine rings is 1. The van der Waals surface area contributed by atoms with Crippen molar-refractivity contribution in [3.8, 4) is 5.75 Å². The molecule has 0 radical (unpaired) electrons. The molecule has 2 aromatic rings. The first-order valence-electron chi connectivity index (χ1n) is 7.12. The Morgan fingerprint density at radius 1 is 1.33 bits per heavy atom. The molecule has 21 heavy (non-hydrogen) atoms. The molecule has 3 nitrogen and oxygen atoms in total. The lowest BCUT2D eigenvalue weighted by Gasteiger charge is -2.20. The standard InChI is InChI=1S/C17H21ClN2O/c1-4-20-16(10-13-7-8-19-11-15(13)18)14-5-6-17(21-3)12(2)9-14/h5-9,11,16,20H,4,10H2,1-3H3. The Morgan fingerprint density at radius 3 is 2.76 bits per heavy atom. The monoisotopic (exact) mass is 304 g/mol. The second-order valence-electron chi connectivity index (χ2n) is 5.01. The minimum absolute atomic E-state index is 0.222.